The molecule has 1 aromatic heterocycles. The number of nitrogens with zero attached hydrogens (tertiary/aromatic N) is 3. The zero-order valence-electron chi connectivity index (χ0n) is 16.2. The van der Waals surface area contributed by atoms with E-state index in [1.165, 1.54) is 30.0 Å². The Balaban J connectivity index is 1.79. The van der Waals surface area contributed by atoms with Crippen LogP contribution >= 0.6 is 34.8 Å². The fourth-order valence-electron chi connectivity index (χ4n) is 2.70. The third-order valence-corrected chi connectivity index (χ3v) is 4.91. The number of carbonyl (C=O) groups is 2. The molecule has 3 aromatic rings. The van der Waals surface area contributed by atoms with E-state index in [9.17, 15) is 14.0 Å². The summed E-state index contributed by atoms with van der Waals surface area (Å²) < 4.78 is 19.7. The van der Waals surface area contributed by atoms with Crippen molar-refractivity contribution in [3.8, 4) is 11.4 Å². The molecule has 1 N–H and O–H groups in total. The Hall–Kier alpha value is -2.68. The summed E-state index contributed by atoms with van der Waals surface area (Å²) in [7, 11) is 1.23. The minimum Gasteiger partial charge on any atom is -0.468 e. The first-order valence-corrected chi connectivity index (χ1v) is 10.1. The highest BCUT2D eigenvalue weighted by molar-refractivity contribution is 6.34. The Bertz CT molecular complexity index is 1120. The van der Waals surface area contributed by atoms with Gasteiger partial charge in [-0.3, -0.25) is 9.59 Å². The van der Waals surface area contributed by atoms with Crippen LogP contribution in [0.4, 0.5) is 4.39 Å². The molecule has 7 nitrogen and oxygen atoms in total. The Morgan fingerprint density at radius 1 is 1.13 bits per heavy atom. The summed E-state index contributed by atoms with van der Waals surface area (Å²) in [6.07, 6.45) is -0.172. The Labute approximate surface area is 192 Å². The first-order valence-electron chi connectivity index (χ1n) is 8.93. The van der Waals surface area contributed by atoms with Gasteiger partial charge in [0.15, 0.2) is 5.82 Å². The van der Waals surface area contributed by atoms with Gasteiger partial charge in [0.1, 0.15) is 18.2 Å². The quantitative estimate of drug-likeness (QED) is 0.510. The highest BCUT2D eigenvalue weighted by Crippen LogP contribution is 2.22. The highest BCUT2D eigenvalue weighted by Gasteiger charge is 2.18. The zero-order chi connectivity index (χ0) is 22.5. The summed E-state index contributed by atoms with van der Waals surface area (Å²) in [6.45, 7) is -0.0639. The number of hydrogen-bond acceptors (Lipinski definition) is 5. The van der Waals surface area contributed by atoms with Gasteiger partial charge < -0.3 is 10.1 Å². The molecule has 2 aromatic carbocycles. The Kier molecular flexibility index (Phi) is 7.48. The maximum Gasteiger partial charge on any atom is 0.327 e. The second kappa shape index (κ2) is 10.1. The van der Waals surface area contributed by atoms with Gasteiger partial charge in [0.05, 0.1) is 18.6 Å². The van der Waals surface area contributed by atoms with Crippen LogP contribution in [0.5, 0.6) is 0 Å². The largest absolute Gasteiger partial charge is 0.468 e. The molecule has 0 saturated carbocycles. The molecular weight excluding hydrogens is 470 g/mol. The van der Waals surface area contributed by atoms with Crippen LogP contribution in [0.3, 0.4) is 0 Å². The van der Waals surface area contributed by atoms with E-state index >= 15 is 0 Å². The van der Waals surface area contributed by atoms with E-state index in [1.807, 2.05) is 0 Å². The minimum absolute atomic E-state index is 0.0431. The molecule has 0 aliphatic carbocycles. The van der Waals surface area contributed by atoms with Crippen molar-refractivity contribution < 1.29 is 18.7 Å². The molecule has 11 heteroatoms. The van der Waals surface area contributed by atoms with E-state index in [1.54, 1.807) is 18.2 Å². The van der Waals surface area contributed by atoms with Crippen molar-refractivity contribution in [2.75, 3.05) is 7.11 Å². The number of carbonyl (C=O) groups excluding carboxylic acids is 2. The van der Waals surface area contributed by atoms with Crippen LogP contribution in [0.1, 0.15) is 11.4 Å². The number of esters is 1. The summed E-state index contributed by atoms with van der Waals surface area (Å²) in [5.41, 5.74) is 1.07. The predicted molar refractivity (Wildman–Crippen MR) is 114 cm³/mol. The second-order valence-corrected chi connectivity index (χ2v) is 7.73. The summed E-state index contributed by atoms with van der Waals surface area (Å²) in [4.78, 5) is 28.5. The van der Waals surface area contributed by atoms with E-state index in [4.69, 9.17) is 34.8 Å². The molecule has 1 heterocycles. The molecule has 0 atom stereocenters. The first-order chi connectivity index (χ1) is 14.7. The van der Waals surface area contributed by atoms with Gasteiger partial charge in [0.25, 0.3) is 0 Å². The van der Waals surface area contributed by atoms with Crippen LogP contribution in [0.15, 0.2) is 36.4 Å². The number of benzene rings is 2. The van der Waals surface area contributed by atoms with Crippen LogP contribution in [0, 0.1) is 5.82 Å². The van der Waals surface area contributed by atoms with Crippen molar-refractivity contribution in [2.45, 2.75) is 19.5 Å². The second-order valence-electron chi connectivity index (χ2n) is 6.45. The molecule has 0 bridgehead atoms. The van der Waals surface area contributed by atoms with Gasteiger partial charge in [-0.15, -0.1) is 0 Å². The summed E-state index contributed by atoms with van der Waals surface area (Å²) in [6, 6.07) is 9.03. The van der Waals surface area contributed by atoms with Gasteiger partial charge in [-0.1, -0.05) is 34.8 Å². The molecule has 0 unspecified atom stereocenters. The fraction of sp³-hybridized carbons (Fsp3) is 0.200. The van der Waals surface area contributed by atoms with Crippen LogP contribution in [0.2, 0.25) is 15.1 Å². The average Bonchev–Trinajstić information content (AvgIpc) is 3.09. The van der Waals surface area contributed by atoms with Gasteiger partial charge in [-0.25, -0.2) is 14.1 Å². The van der Waals surface area contributed by atoms with E-state index in [0.717, 1.165) is 5.56 Å². The van der Waals surface area contributed by atoms with Crippen LogP contribution in [-0.2, 0) is 33.8 Å². The molecule has 0 saturated heterocycles. The predicted octanol–water partition coefficient (Wildman–Crippen LogP) is 4.08. The van der Waals surface area contributed by atoms with Crippen molar-refractivity contribution in [1.82, 2.24) is 20.1 Å². The number of ether oxygens (including phenoxy) is 1. The SMILES string of the molecule is COC(=O)Cn1nc(-c2ccc(Cl)c(F)c2)nc1CC(=O)NCc1cc(Cl)cc(Cl)c1. The van der Waals surface area contributed by atoms with Crippen molar-refractivity contribution in [1.29, 1.82) is 0 Å². The van der Waals surface area contributed by atoms with Crippen molar-refractivity contribution in [3.63, 3.8) is 0 Å². The molecule has 0 aliphatic rings. The smallest absolute Gasteiger partial charge is 0.327 e. The number of amides is 1. The Morgan fingerprint density at radius 3 is 2.48 bits per heavy atom. The third-order valence-electron chi connectivity index (χ3n) is 4.16. The summed E-state index contributed by atoms with van der Waals surface area (Å²) in [5, 5.41) is 7.81. The van der Waals surface area contributed by atoms with Crippen LogP contribution in [0.25, 0.3) is 11.4 Å². The number of halogens is 4. The molecule has 31 heavy (non-hydrogen) atoms. The minimum atomic E-state index is -0.636. The van der Waals surface area contributed by atoms with E-state index in [0.29, 0.717) is 15.6 Å². The fourth-order valence-corrected chi connectivity index (χ4v) is 3.38. The average molecular weight is 486 g/mol. The third kappa shape index (κ3) is 6.16. The molecule has 1 amide bonds. The number of hydrogen-bond donors (Lipinski definition) is 1. The van der Waals surface area contributed by atoms with Gasteiger partial charge in [0.2, 0.25) is 5.91 Å². The maximum atomic E-state index is 13.8. The lowest BCUT2D eigenvalue weighted by molar-refractivity contribution is -0.141. The highest BCUT2D eigenvalue weighted by atomic mass is 35.5. The number of methoxy groups -OCH3 is 1. The van der Waals surface area contributed by atoms with Crippen molar-refractivity contribution >= 4 is 46.7 Å². The zero-order valence-corrected chi connectivity index (χ0v) is 18.4. The standard InChI is InChI=1S/C20H16Cl3FN4O3/c1-31-19(30)10-28-17(26-20(27-28)12-2-3-15(23)16(24)6-12)8-18(29)25-9-11-4-13(21)7-14(22)5-11/h2-7H,8-10H2,1H3,(H,25,29). The van der Waals surface area contributed by atoms with Gasteiger partial charge in [-0.05, 0) is 42.0 Å². The molecule has 162 valence electrons. The van der Waals surface area contributed by atoms with Crippen LogP contribution < -0.4 is 5.32 Å². The number of rotatable bonds is 7. The topological polar surface area (TPSA) is 86.1 Å². The van der Waals surface area contributed by atoms with Crippen molar-refractivity contribution in [2.24, 2.45) is 0 Å². The molecular formula is C20H16Cl3FN4O3. The lowest BCUT2D eigenvalue weighted by Gasteiger charge is -2.07. The molecule has 0 spiro atoms. The van der Waals surface area contributed by atoms with Crippen LogP contribution in [-0.4, -0.2) is 33.8 Å². The lowest BCUT2D eigenvalue weighted by Crippen LogP contribution is -2.27. The summed E-state index contributed by atoms with van der Waals surface area (Å²) in [5.74, 6) is -1.23. The Morgan fingerprint density at radius 2 is 1.84 bits per heavy atom. The molecule has 3 rings (SSSR count). The van der Waals surface area contributed by atoms with Crippen molar-refractivity contribution in [3.05, 3.63) is 68.7 Å². The summed E-state index contributed by atoms with van der Waals surface area (Å²) >= 11 is 17.6. The van der Waals surface area contributed by atoms with E-state index in [2.05, 4.69) is 20.1 Å². The van der Waals surface area contributed by atoms with E-state index in [-0.39, 0.29) is 42.1 Å². The molecule has 0 radical (unpaired) electrons. The van der Waals surface area contributed by atoms with Gasteiger partial charge >= 0.3 is 5.97 Å². The van der Waals surface area contributed by atoms with E-state index < -0.39 is 11.8 Å². The lowest BCUT2D eigenvalue weighted by atomic mass is 10.2. The monoisotopic (exact) mass is 484 g/mol. The first kappa shape index (κ1) is 23.0. The molecule has 0 fully saturated rings. The maximum absolute atomic E-state index is 13.8. The normalized spacial score (nSPS) is 10.7. The molecule has 0 aliphatic heterocycles. The number of nitrogens with one attached hydrogen (secondary N) is 1. The number of aromatic nitrogens is 3. The van der Waals surface area contributed by atoms with Gasteiger partial charge in [-0.2, -0.15) is 5.10 Å². The van der Waals surface area contributed by atoms with Gasteiger partial charge in [0, 0.05) is 22.2 Å².